The number of nitrogens with zero attached hydrogens (tertiary/aromatic N) is 2. The number of hydrogen-bond donors (Lipinski definition) is 5. The lowest BCUT2D eigenvalue weighted by Gasteiger charge is -2.35. The smallest absolute Gasteiger partial charge is 0.246 e. The van der Waals surface area contributed by atoms with Gasteiger partial charge in [0.1, 0.15) is 42.3 Å². The number of carbonyl (C=O) groups is 7. The molecule has 0 aromatic heterocycles. The molecule has 0 aromatic carbocycles. The Kier molecular flexibility index (Phi) is 17.1. The van der Waals surface area contributed by atoms with Crippen molar-refractivity contribution in [1.29, 1.82) is 0 Å². The lowest BCUT2D eigenvalue weighted by molar-refractivity contribution is -0.145. The molecule has 0 spiro atoms. The molecule has 57 heavy (non-hydrogen) atoms. The minimum Gasteiger partial charge on any atom is -0.366 e. The van der Waals surface area contributed by atoms with Gasteiger partial charge in [-0.2, -0.15) is 0 Å². The molecule has 0 unspecified atom stereocenters. The van der Waals surface area contributed by atoms with Crippen molar-refractivity contribution < 1.29 is 38.3 Å². The summed E-state index contributed by atoms with van der Waals surface area (Å²) in [5.74, 6) is -5.17. The first-order chi connectivity index (χ1) is 26.7. The molecule has 0 saturated carbocycles. The second-order valence-corrected chi connectivity index (χ2v) is 17.3. The second kappa shape index (κ2) is 20.6. The molecule has 0 bridgehead atoms. The lowest BCUT2D eigenvalue weighted by Crippen LogP contribution is -2.63. The van der Waals surface area contributed by atoms with E-state index in [1.54, 1.807) is 40.7 Å². The van der Waals surface area contributed by atoms with Crippen LogP contribution >= 0.6 is 0 Å². The van der Waals surface area contributed by atoms with Crippen LogP contribution in [0.2, 0.25) is 0 Å². The van der Waals surface area contributed by atoms with Gasteiger partial charge in [0.05, 0.1) is 11.7 Å². The van der Waals surface area contributed by atoms with Gasteiger partial charge in [-0.1, -0.05) is 80.7 Å². The third kappa shape index (κ3) is 11.6. The molecule has 3 fully saturated rings. The SMILES string of the molecule is C=CC(C)(C)O[C@H](C)[C@@H]1NC(=O)[C@H](C(C)C)NC(=O)[C@@H]2CCCN2C(=O)[C@H]([C@@H](C)CC)NC(=O)[C@H]([C@@H](C)CC)NC(=O)[C@@H]2CCCN2C(=O)[C@H]([C@@H](C)CC)NC1=O. The van der Waals surface area contributed by atoms with E-state index in [2.05, 4.69) is 33.2 Å². The van der Waals surface area contributed by atoms with E-state index in [0.717, 1.165) is 0 Å². The van der Waals surface area contributed by atoms with Crippen molar-refractivity contribution in [3.63, 3.8) is 0 Å². The second-order valence-electron chi connectivity index (χ2n) is 17.3. The first kappa shape index (κ1) is 47.4. The largest absolute Gasteiger partial charge is 0.366 e. The Hall–Kier alpha value is -4.01. The first-order valence-electron chi connectivity index (χ1n) is 21.2. The van der Waals surface area contributed by atoms with Crippen LogP contribution in [0.4, 0.5) is 0 Å². The van der Waals surface area contributed by atoms with Gasteiger partial charge in [-0.05, 0) is 70.1 Å². The summed E-state index contributed by atoms with van der Waals surface area (Å²) in [6.07, 6.45) is 4.05. The molecule has 0 radical (unpaired) electrons. The fourth-order valence-corrected chi connectivity index (χ4v) is 7.79. The van der Waals surface area contributed by atoms with Crippen molar-refractivity contribution in [2.24, 2.45) is 23.7 Å². The van der Waals surface area contributed by atoms with Crippen molar-refractivity contribution in [2.45, 2.75) is 175 Å². The van der Waals surface area contributed by atoms with E-state index in [4.69, 9.17) is 4.74 Å². The average Bonchev–Trinajstić information content (AvgIpc) is 3.88. The summed E-state index contributed by atoms with van der Waals surface area (Å²) >= 11 is 0. The Morgan fingerprint density at radius 3 is 1.35 bits per heavy atom. The van der Waals surface area contributed by atoms with Crippen LogP contribution in [0.3, 0.4) is 0 Å². The van der Waals surface area contributed by atoms with Crippen molar-refractivity contribution >= 4 is 41.4 Å². The first-order valence-corrected chi connectivity index (χ1v) is 21.2. The Labute approximate surface area is 340 Å². The number of fused-ring (bicyclic) bond motifs is 2. The molecule has 5 N–H and O–H groups in total. The fourth-order valence-electron chi connectivity index (χ4n) is 7.79. The molecule has 15 nitrogen and oxygen atoms in total. The highest BCUT2D eigenvalue weighted by Crippen LogP contribution is 2.25. The highest BCUT2D eigenvalue weighted by Gasteiger charge is 2.45. The van der Waals surface area contributed by atoms with Crippen molar-refractivity contribution in [2.75, 3.05) is 13.1 Å². The van der Waals surface area contributed by atoms with E-state index < -0.39 is 101 Å². The van der Waals surface area contributed by atoms with Crippen LogP contribution in [0.1, 0.15) is 121 Å². The van der Waals surface area contributed by atoms with Crippen LogP contribution in [0, 0.1) is 23.7 Å². The number of carbonyl (C=O) groups excluding carboxylic acids is 7. The van der Waals surface area contributed by atoms with Gasteiger partial charge < -0.3 is 41.1 Å². The highest BCUT2D eigenvalue weighted by molar-refractivity contribution is 5.99. The summed E-state index contributed by atoms with van der Waals surface area (Å²) in [5.41, 5.74) is -0.894. The zero-order valence-corrected chi connectivity index (χ0v) is 36.2. The monoisotopic (exact) mass is 802 g/mol. The average molecular weight is 802 g/mol. The van der Waals surface area contributed by atoms with Gasteiger partial charge in [-0.15, -0.1) is 6.58 Å². The predicted octanol–water partition coefficient (Wildman–Crippen LogP) is 2.57. The van der Waals surface area contributed by atoms with Gasteiger partial charge in [0, 0.05) is 13.1 Å². The molecule has 7 amide bonds. The summed E-state index contributed by atoms with van der Waals surface area (Å²) in [5, 5.41) is 14.5. The maximum absolute atomic E-state index is 14.5. The zero-order chi connectivity index (χ0) is 42.9. The van der Waals surface area contributed by atoms with E-state index in [1.165, 1.54) is 9.80 Å². The van der Waals surface area contributed by atoms with E-state index in [0.29, 0.717) is 44.9 Å². The maximum Gasteiger partial charge on any atom is 0.246 e. The minimum absolute atomic E-state index is 0.268. The summed E-state index contributed by atoms with van der Waals surface area (Å²) in [4.78, 5) is 103. The molecule has 3 aliphatic rings. The van der Waals surface area contributed by atoms with Gasteiger partial charge in [0.25, 0.3) is 0 Å². The molecule has 11 atom stereocenters. The number of hydrogen-bond acceptors (Lipinski definition) is 8. The molecule has 3 rings (SSSR count). The highest BCUT2D eigenvalue weighted by atomic mass is 16.5. The van der Waals surface area contributed by atoms with Crippen LogP contribution < -0.4 is 26.6 Å². The van der Waals surface area contributed by atoms with E-state index >= 15 is 0 Å². The molecular formula is C42H71N7O8. The van der Waals surface area contributed by atoms with Gasteiger partial charge in [0.15, 0.2) is 0 Å². The van der Waals surface area contributed by atoms with Crippen molar-refractivity contribution in [3.8, 4) is 0 Å². The Morgan fingerprint density at radius 1 is 0.596 bits per heavy atom. The molecule has 0 aromatic rings. The number of amides is 7. The maximum atomic E-state index is 14.5. The van der Waals surface area contributed by atoms with E-state index in [-0.39, 0.29) is 30.8 Å². The summed E-state index contributed by atoms with van der Waals surface area (Å²) in [6.45, 7) is 24.3. The predicted molar refractivity (Wildman–Crippen MR) is 217 cm³/mol. The molecule has 322 valence electrons. The van der Waals surface area contributed by atoms with Gasteiger partial charge in [-0.3, -0.25) is 33.6 Å². The molecule has 3 heterocycles. The number of rotatable bonds is 11. The van der Waals surface area contributed by atoms with Crippen molar-refractivity contribution in [3.05, 3.63) is 12.7 Å². The summed E-state index contributed by atoms with van der Waals surface area (Å²) < 4.78 is 6.22. The van der Waals surface area contributed by atoms with Crippen molar-refractivity contribution in [1.82, 2.24) is 36.4 Å². The van der Waals surface area contributed by atoms with Crippen LogP contribution in [-0.4, -0.2) is 118 Å². The Bertz CT molecular complexity index is 1490. The number of ether oxygens (including phenoxy) is 1. The molecule has 15 heteroatoms. The van der Waals surface area contributed by atoms with Crippen LogP contribution in [0.15, 0.2) is 12.7 Å². The molecule has 0 aliphatic carbocycles. The van der Waals surface area contributed by atoms with Crippen LogP contribution in [0.5, 0.6) is 0 Å². The summed E-state index contributed by atoms with van der Waals surface area (Å²) in [6, 6.07) is -7.28. The van der Waals surface area contributed by atoms with Crippen LogP contribution in [0.25, 0.3) is 0 Å². The standard InChI is InChI=1S/C42H71N7O8/c1-13-24(7)31-38(53)45-32(25(8)14-2)40(55)48-21-17-19-28(48)35(50)43-30(23(5)6)37(52)47-34(27(10)57-42(11,12)16-4)39(54)46-33(26(9)15-3)41(56)49-22-18-20-29(49)36(51)44-31/h16,23-34H,4,13-15,17-22H2,1-3,5-12H3,(H,43,50)(H,44,51)(H,45,53)(H,46,54)(H,47,52)/t24-,25-,26-,27+,28-,29-,30-,31-,32-,33-,34-/m0/s1. The number of nitrogens with one attached hydrogen (secondary N) is 5. The Morgan fingerprint density at radius 2 is 0.947 bits per heavy atom. The minimum atomic E-state index is -1.31. The molecule has 3 aliphatic heterocycles. The quantitative estimate of drug-likeness (QED) is 0.197. The lowest BCUT2D eigenvalue weighted by atomic mass is 9.94. The van der Waals surface area contributed by atoms with Gasteiger partial charge in [-0.25, -0.2) is 0 Å². The molecular weight excluding hydrogens is 731 g/mol. The van der Waals surface area contributed by atoms with Gasteiger partial charge in [0.2, 0.25) is 41.4 Å². The van der Waals surface area contributed by atoms with E-state index in [1.807, 2.05) is 41.5 Å². The Balaban J connectivity index is 2.19. The zero-order valence-electron chi connectivity index (χ0n) is 36.2. The fraction of sp³-hybridized carbons (Fsp3) is 0.786. The van der Waals surface area contributed by atoms with E-state index in [9.17, 15) is 33.6 Å². The molecule has 3 saturated heterocycles. The normalized spacial score (nSPS) is 29.8. The summed E-state index contributed by atoms with van der Waals surface area (Å²) in [7, 11) is 0. The third-order valence-electron chi connectivity index (χ3n) is 12.3. The van der Waals surface area contributed by atoms with Crippen LogP contribution in [-0.2, 0) is 38.3 Å². The third-order valence-corrected chi connectivity index (χ3v) is 12.3. The van der Waals surface area contributed by atoms with Gasteiger partial charge >= 0.3 is 0 Å². The topological polar surface area (TPSA) is 195 Å².